The molecule has 7 nitrogen and oxygen atoms in total. The van der Waals surface area contributed by atoms with Crippen LogP contribution in [0, 0.1) is 10.1 Å². The monoisotopic (exact) mass is 289 g/mol. The number of benzene rings is 1. The Hall–Kier alpha value is -2.83. The van der Waals surface area contributed by atoms with Crippen molar-refractivity contribution in [1.82, 2.24) is 4.90 Å². The lowest BCUT2D eigenvalue weighted by atomic mass is 10.1. The maximum absolute atomic E-state index is 12.0. The number of hydrogen-bond donors (Lipinski definition) is 1. The van der Waals surface area contributed by atoms with E-state index in [0.717, 1.165) is 0 Å². The van der Waals surface area contributed by atoms with Gasteiger partial charge in [-0.3, -0.25) is 14.9 Å². The third kappa shape index (κ3) is 3.38. The Bertz CT molecular complexity index is 664. The Balaban J connectivity index is 2.12. The fourth-order valence-electron chi connectivity index (χ4n) is 1.81. The summed E-state index contributed by atoms with van der Waals surface area (Å²) in [5.74, 6) is 0.00165. The van der Waals surface area contributed by atoms with Gasteiger partial charge in [-0.05, 0) is 18.2 Å². The van der Waals surface area contributed by atoms with Crippen molar-refractivity contribution in [2.75, 3.05) is 19.4 Å². The fourth-order valence-corrected chi connectivity index (χ4v) is 1.81. The molecule has 0 aliphatic rings. The highest BCUT2D eigenvalue weighted by Crippen LogP contribution is 2.20. The van der Waals surface area contributed by atoms with Crippen molar-refractivity contribution in [1.29, 1.82) is 0 Å². The summed E-state index contributed by atoms with van der Waals surface area (Å²) in [5.41, 5.74) is 1.18. The van der Waals surface area contributed by atoms with E-state index in [-0.39, 0.29) is 18.3 Å². The highest BCUT2D eigenvalue weighted by atomic mass is 16.6. The summed E-state index contributed by atoms with van der Waals surface area (Å²) in [6, 6.07) is 9.90. The van der Waals surface area contributed by atoms with E-state index in [9.17, 15) is 14.9 Å². The van der Waals surface area contributed by atoms with E-state index in [1.807, 2.05) is 0 Å². The van der Waals surface area contributed by atoms with Crippen LogP contribution < -0.4 is 5.32 Å². The van der Waals surface area contributed by atoms with Crippen molar-refractivity contribution in [2.45, 2.75) is 6.54 Å². The summed E-state index contributed by atoms with van der Waals surface area (Å²) in [4.78, 5) is 23.5. The molecule has 2 aromatic rings. The smallest absolute Gasteiger partial charge is 0.404 e. The van der Waals surface area contributed by atoms with E-state index in [4.69, 9.17) is 4.42 Å². The first-order chi connectivity index (χ1) is 9.99. The van der Waals surface area contributed by atoms with Crippen LogP contribution in [0.3, 0.4) is 0 Å². The maximum Gasteiger partial charge on any atom is 0.433 e. The summed E-state index contributed by atoms with van der Waals surface area (Å²) < 4.78 is 5.06. The zero-order valence-corrected chi connectivity index (χ0v) is 11.7. The molecule has 0 unspecified atom stereocenters. The molecule has 0 bridgehead atoms. The van der Waals surface area contributed by atoms with Gasteiger partial charge in [0.05, 0.1) is 18.2 Å². The van der Waals surface area contributed by atoms with Crippen LogP contribution in [0.25, 0.3) is 0 Å². The van der Waals surface area contributed by atoms with Crippen LogP contribution in [0.15, 0.2) is 40.8 Å². The largest absolute Gasteiger partial charge is 0.433 e. The quantitative estimate of drug-likeness (QED) is 0.674. The van der Waals surface area contributed by atoms with Crippen LogP contribution in [-0.2, 0) is 6.54 Å². The molecule has 0 spiro atoms. The number of nitro groups is 1. The summed E-state index contributed by atoms with van der Waals surface area (Å²) in [6.45, 7) is 0.256. The van der Waals surface area contributed by atoms with Gasteiger partial charge in [-0.15, -0.1) is 0 Å². The number of nitrogens with zero attached hydrogens (tertiary/aromatic N) is 2. The second kappa shape index (κ2) is 6.08. The summed E-state index contributed by atoms with van der Waals surface area (Å²) in [6.07, 6.45) is 0. The average Bonchev–Trinajstić information content (AvgIpc) is 2.93. The standard InChI is InChI=1S/C14H15N3O4/c1-16(2)14(18)11-5-3-4-6-12(11)15-9-10-7-8-13(21-10)17(19)20/h3-8,15H,9H2,1-2H3. The molecule has 0 aliphatic heterocycles. The lowest BCUT2D eigenvalue weighted by molar-refractivity contribution is -0.402. The van der Waals surface area contributed by atoms with E-state index in [1.165, 1.54) is 17.0 Å². The van der Waals surface area contributed by atoms with Crippen molar-refractivity contribution < 1.29 is 14.1 Å². The van der Waals surface area contributed by atoms with E-state index in [0.29, 0.717) is 17.0 Å². The highest BCUT2D eigenvalue weighted by molar-refractivity contribution is 5.99. The van der Waals surface area contributed by atoms with Gasteiger partial charge in [0.25, 0.3) is 5.91 Å². The highest BCUT2D eigenvalue weighted by Gasteiger charge is 2.14. The fraction of sp³-hybridized carbons (Fsp3) is 0.214. The summed E-state index contributed by atoms with van der Waals surface area (Å²) in [7, 11) is 3.35. The molecule has 0 saturated heterocycles. The molecule has 1 aromatic carbocycles. The molecule has 0 radical (unpaired) electrons. The molecule has 7 heteroatoms. The van der Waals surface area contributed by atoms with Gasteiger partial charge in [0.1, 0.15) is 10.7 Å². The van der Waals surface area contributed by atoms with E-state index < -0.39 is 4.92 Å². The molecule has 0 saturated carbocycles. The van der Waals surface area contributed by atoms with Gasteiger partial charge >= 0.3 is 5.88 Å². The lowest BCUT2D eigenvalue weighted by Gasteiger charge is -2.14. The van der Waals surface area contributed by atoms with Crippen LogP contribution >= 0.6 is 0 Å². The predicted octanol–water partition coefficient (Wildman–Crippen LogP) is 2.50. The van der Waals surface area contributed by atoms with Crippen molar-refractivity contribution >= 4 is 17.5 Å². The van der Waals surface area contributed by atoms with Crippen molar-refractivity contribution in [2.24, 2.45) is 0 Å². The van der Waals surface area contributed by atoms with Crippen LogP contribution in [-0.4, -0.2) is 29.8 Å². The Morgan fingerprint density at radius 3 is 2.62 bits per heavy atom. The minimum absolute atomic E-state index is 0.122. The normalized spacial score (nSPS) is 10.2. The first-order valence-corrected chi connectivity index (χ1v) is 6.26. The molecule has 1 heterocycles. The molecular weight excluding hydrogens is 274 g/mol. The molecule has 2 rings (SSSR count). The molecule has 0 atom stereocenters. The van der Waals surface area contributed by atoms with Crippen LogP contribution in [0.2, 0.25) is 0 Å². The molecule has 1 N–H and O–H groups in total. The zero-order chi connectivity index (χ0) is 15.4. The first kappa shape index (κ1) is 14.6. The van der Waals surface area contributed by atoms with Gasteiger partial charge in [0.2, 0.25) is 0 Å². The van der Waals surface area contributed by atoms with Gasteiger partial charge in [-0.25, -0.2) is 0 Å². The number of carbonyl (C=O) groups excluding carboxylic acids is 1. The van der Waals surface area contributed by atoms with Gasteiger partial charge in [-0.2, -0.15) is 0 Å². The molecule has 1 aromatic heterocycles. The predicted molar refractivity (Wildman–Crippen MR) is 77.1 cm³/mol. The topological polar surface area (TPSA) is 88.6 Å². The number of carbonyl (C=O) groups is 1. The van der Waals surface area contributed by atoms with E-state index in [2.05, 4.69) is 5.32 Å². The molecule has 1 amide bonds. The van der Waals surface area contributed by atoms with Gasteiger partial charge in [0.15, 0.2) is 0 Å². The average molecular weight is 289 g/mol. The number of nitrogens with one attached hydrogen (secondary N) is 1. The minimum Gasteiger partial charge on any atom is -0.404 e. The molecule has 110 valence electrons. The number of hydrogen-bond acceptors (Lipinski definition) is 5. The summed E-state index contributed by atoms with van der Waals surface area (Å²) in [5, 5.41) is 13.6. The third-order valence-electron chi connectivity index (χ3n) is 2.84. The molecular formula is C14H15N3O4. The third-order valence-corrected chi connectivity index (χ3v) is 2.84. The second-order valence-electron chi connectivity index (χ2n) is 4.60. The van der Waals surface area contributed by atoms with Gasteiger partial charge in [0, 0.05) is 19.8 Å². The Morgan fingerprint density at radius 2 is 2.00 bits per heavy atom. The number of amides is 1. The van der Waals surface area contributed by atoms with Crippen LogP contribution in [0.5, 0.6) is 0 Å². The van der Waals surface area contributed by atoms with Crippen molar-refractivity contribution in [3.8, 4) is 0 Å². The first-order valence-electron chi connectivity index (χ1n) is 6.26. The van der Waals surface area contributed by atoms with E-state index >= 15 is 0 Å². The minimum atomic E-state index is -0.590. The van der Waals surface area contributed by atoms with Crippen molar-refractivity contribution in [3.05, 3.63) is 57.8 Å². The summed E-state index contributed by atoms with van der Waals surface area (Å²) >= 11 is 0. The van der Waals surface area contributed by atoms with Crippen LogP contribution in [0.1, 0.15) is 16.1 Å². The SMILES string of the molecule is CN(C)C(=O)c1ccccc1NCc1ccc([N+](=O)[O-])o1. The van der Waals surface area contributed by atoms with Gasteiger partial charge in [-0.1, -0.05) is 12.1 Å². The Morgan fingerprint density at radius 1 is 1.29 bits per heavy atom. The number of para-hydroxylation sites is 1. The lowest BCUT2D eigenvalue weighted by Crippen LogP contribution is -2.22. The number of rotatable bonds is 5. The molecule has 0 aliphatic carbocycles. The van der Waals surface area contributed by atoms with Crippen molar-refractivity contribution in [3.63, 3.8) is 0 Å². The Labute approximate surface area is 121 Å². The van der Waals surface area contributed by atoms with Gasteiger partial charge < -0.3 is 14.6 Å². The number of furan rings is 1. The van der Waals surface area contributed by atoms with E-state index in [1.54, 1.807) is 38.4 Å². The van der Waals surface area contributed by atoms with Crippen LogP contribution in [0.4, 0.5) is 11.6 Å². The second-order valence-corrected chi connectivity index (χ2v) is 4.60. The Kier molecular flexibility index (Phi) is 4.22. The zero-order valence-electron chi connectivity index (χ0n) is 11.7. The maximum atomic E-state index is 12.0. The molecule has 0 fully saturated rings. The number of anilines is 1. The molecule has 21 heavy (non-hydrogen) atoms.